The highest BCUT2D eigenvalue weighted by Gasteiger charge is 2.17. The number of hydrogen-bond acceptors (Lipinski definition) is 2. The molecule has 0 saturated carbocycles. The average Bonchev–Trinajstić information content (AvgIpc) is 2.73. The van der Waals surface area contributed by atoms with Crippen molar-refractivity contribution >= 4 is 6.47 Å². The van der Waals surface area contributed by atoms with Gasteiger partial charge >= 0.3 is 0 Å². The monoisotopic (exact) mass is 433 g/mol. The lowest BCUT2D eigenvalue weighted by molar-refractivity contribution is -0.122. The van der Waals surface area contributed by atoms with Crippen molar-refractivity contribution in [3.63, 3.8) is 0 Å². The third-order valence-electron chi connectivity index (χ3n) is 6.01. The van der Waals surface area contributed by atoms with E-state index in [4.69, 9.17) is 15.6 Å². The van der Waals surface area contributed by atoms with Crippen LogP contribution in [0.4, 0.5) is 0 Å². The SMILES string of the molecule is CCCCCCCCCCCCCCCCCCc1ccccc1C(C)(C)N.O=CO. The van der Waals surface area contributed by atoms with Crippen molar-refractivity contribution in [3.05, 3.63) is 35.4 Å². The number of rotatable bonds is 18. The van der Waals surface area contributed by atoms with Gasteiger partial charge in [0.1, 0.15) is 0 Å². The molecule has 0 bridgehead atoms. The molecule has 3 heteroatoms. The number of carbonyl (C=O) groups is 1. The maximum atomic E-state index is 8.36. The van der Waals surface area contributed by atoms with Gasteiger partial charge in [0.05, 0.1) is 0 Å². The summed E-state index contributed by atoms with van der Waals surface area (Å²) >= 11 is 0. The predicted octanol–water partition coefficient (Wildman–Crippen LogP) is 8.39. The molecule has 1 rings (SSSR count). The number of unbranched alkanes of at least 4 members (excludes halogenated alkanes) is 15. The summed E-state index contributed by atoms with van der Waals surface area (Å²) in [4.78, 5) is 8.36. The summed E-state index contributed by atoms with van der Waals surface area (Å²) in [6.07, 6.45) is 24.0. The largest absolute Gasteiger partial charge is 0.483 e. The fourth-order valence-corrected chi connectivity index (χ4v) is 4.23. The molecule has 0 aliphatic rings. The number of benzene rings is 1. The van der Waals surface area contributed by atoms with Crippen molar-refractivity contribution in [2.45, 2.75) is 135 Å². The van der Waals surface area contributed by atoms with E-state index in [0.29, 0.717) is 0 Å². The Morgan fingerprint density at radius 2 is 1.10 bits per heavy atom. The van der Waals surface area contributed by atoms with Gasteiger partial charge in [-0.15, -0.1) is 0 Å². The number of carboxylic acid groups (broad SMARTS) is 1. The van der Waals surface area contributed by atoms with E-state index in [-0.39, 0.29) is 12.0 Å². The van der Waals surface area contributed by atoms with Gasteiger partial charge in [0, 0.05) is 5.54 Å². The summed E-state index contributed by atoms with van der Waals surface area (Å²) in [7, 11) is 0. The molecule has 0 fully saturated rings. The Morgan fingerprint density at radius 3 is 1.48 bits per heavy atom. The lowest BCUT2D eigenvalue weighted by Crippen LogP contribution is -2.30. The van der Waals surface area contributed by atoms with Crippen LogP contribution in [0.3, 0.4) is 0 Å². The van der Waals surface area contributed by atoms with Crippen LogP contribution in [0.1, 0.15) is 135 Å². The molecule has 180 valence electrons. The van der Waals surface area contributed by atoms with Crippen molar-refractivity contribution in [2.75, 3.05) is 0 Å². The van der Waals surface area contributed by atoms with E-state index in [2.05, 4.69) is 45.0 Å². The fraction of sp³-hybridized carbons (Fsp3) is 0.750. The van der Waals surface area contributed by atoms with Gasteiger partial charge in [-0.05, 0) is 37.8 Å². The first-order chi connectivity index (χ1) is 15.0. The van der Waals surface area contributed by atoms with Crippen molar-refractivity contribution in [1.29, 1.82) is 0 Å². The quantitative estimate of drug-likeness (QED) is 0.180. The molecular weight excluding hydrogens is 382 g/mol. The van der Waals surface area contributed by atoms with Crippen LogP contribution in [0.15, 0.2) is 24.3 Å². The summed E-state index contributed by atoms with van der Waals surface area (Å²) < 4.78 is 0. The number of aryl methyl sites for hydroxylation is 1. The van der Waals surface area contributed by atoms with Crippen LogP contribution in [0.25, 0.3) is 0 Å². The van der Waals surface area contributed by atoms with Gasteiger partial charge in [0.15, 0.2) is 0 Å². The average molecular weight is 434 g/mol. The normalized spacial score (nSPS) is 11.1. The topological polar surface area (TPSA) is 63.3 Å². The summed E-state index contributed by atoms with van der Waals surface area (Å²) in [6.45, 7) is 6.27. The molecule has 0 aromatic heterocycles. The van der Waals surface area contributed by atoms with E-state index in [1.54, 1.807) is 0 Å². The van der Waals surface area contributed by atoms with Gasteiger partial charge < -0.3 is 10.8 Å². The van der Waals surface area contributed by atoms with Crippen molar-refractivity contribution in [3.8, 4) is 0 Å². The second kappa shape index (κ2) is 20.5. The Hall–Kier alpha value is -1.35. The maximum absolute atomic E-state index is 8.36. The van der Waals surface area contributed by atoms with Gasteiger partial charge in [0.2, 0.25) is 0 Å². The minimum absolute atomic E-state index is 0.231. The molecule has 0 heterocycles. The van der Waals surface area contributed by atoms with Crippen LogP contribution in [0, 0.1) is 0 Å². The van der Waals surface area contributed by atoms with E-state index in [0.717, 1.165) is 0 Å². The first-order valence-corrected chi connectivity index (χ1v) is 12.9. The first kappa shape index (κ1) is 29.7. The van der Waals surface area contributed by atoms with Crippen LogP contribution >= 0.6 is 0 Å². The highest BCUT2D eigenvalue weighted by molar-refractivity contribution is 5.33. The van der Waals surface area contributed by atoms with Gasteiger partial charge in [-0.1, -0.05) is 128 Å². The lowest BCUT2D eigenvalue weighted by Gasteiger charge is -2.23. The van der Waals surface area contributed by atoms with Crippen molar-refractivity contribution < 1.29 is 9.90 Å². The van der Waals surface area contributed by atoms with Gasteiger partial charge in [-0.25, -0.2) is 0 Å². The van der Waals surface area contributed by atoms with E-state index >= 15 is 0 Å². The third-order valence-corrected chi connectivity index (χ3v) is 6.01. The van der Waals surface area contributed by atoms with Crippen LogP contribution in [-0.4, -0.2) is 11.6 Å². The zero-order valence-electron chi connectivity index (χ0n) is 20.8. The van der Waals surface area contributed by atoms with Crippen LogP contribution in [0.5, 0.6) is 0 Å². The minimum atomic E-state index is -0.250. The molecule has 0 saturated heterocycles. The summed E-state index contributed by atoms with van der Waals surface area (Å²) in [5, 5.41) is 6.89. The summed E-state index contributed by atoms with van der Waals surface area (Å²) in [6, 6.07) is 8.72. The molecule has 3 nitrogen and oxygen atoms in total. The van der Waals surface area contributed by atoms with E-state index < -0.39 is 0 Å². The predicted molar refractivity (Wildman–Crippen MR) is 136 cm³/mol. The van der Waals surface area contributed by atoms with Gasteiger partial charge in [-0.3, -0.25) is 4.79 Å². The number of nitrogens with two attached hydrogens (primary N) is 1. The number of hydrogen-bond donors (Lipinski definition) is 2. The van der Waals surface area contributed by atoms with Crippen LogP contribution in [-0.2, 0) is 16.8 Å². The summed E-state index contributed by atoms with van der Waals surface area (Å²) in [5.41, 5.74) is 8.85. The van der Waals surface area contributed by atoms with E-state index in [1.165, 1.54) is 120 Å². The van der Waals surface area contributed by atoms with Crippen LogP contribution in [0.2, 0.25) is 0 Å². The molecule has 0 radical (unpaired) electrons. The molecule has 1 aromatic rings. The molecule has 0 aliphatic carbocycles. The molecular formula is C28H51NO2. The highest BCUT2D eigenvalue weighted by atomic mass is 16.3. The summed E-state index contributed by atoms with van der Waals surface area (Å²) in [5.74, 6) is 0. The van der Waals surface area contributed by atoms with Crippen molar-refractivity contribution in [1.82, 2.24) is 0 Å². The lowest BCUT2D eigenvalue weighted by atomic mass is 9.89. The molecule has 0 aliphatic heterocycles. The second-order valence-corrected chi connectivity index (χ2v) is 9.54. The Balaban J connectivity index is 0.00000282. The Bertz CT molecular complexity index is 522. The fourth-order valence-electron chi connectivity index (χ4n) is 4.23. The zero-order valence-corrected chi connectivity index (χ0v) is 20.8. The first-order valence-electron chi connectivity index (χ1n) is 12.9. The zero-order chi connectivity index (χ0) is 23.2. The van der Waals surface area contributed by atoms with Crippen molar-refractivity contribution in [2.24, 2.45) is 5.73 Å². The second-order valence-electron chi connectivity index (χ2n) is 9.54. The third kappa shape index (κ3) is 18.0. The standard InChI is InChI=1S/C27H49N.CH2O2/c1-4-5-6-7-8-9-10-11-12-13-14-15-16-17-18-19-22-25-23-20-21-24-26(25)27(2,3)28;2-1-3/h20-21,23-24H,4-19,22,28H2,1-3H3;1H,(H,2,3). The molecule has 0 unspecified atom stereocenters. The molecule has 0 atom stereocenters. The molecule has 31 heavy (non-hydrogen) atoms. The molecule has 3 N–H and O–H groups in total. The van der Waals surface area contributed by atoms with Gasteiger partial charge in [-0.2, -0.15) is 0 Å². The highest BCUT2D eigenvalue weighted by Crippen LogP contribution is 2.23. The maximum Gasteiger partial charge on any atom is 0.290 e. The van der Waals surface area contributed by atoms with Crippen LogP contribution < -0.4 is 5.73 Å². The van der Waals surface area contributed by atoms with E-state index in [9.17, 15) is 0 Å². The van der Waals surface area contributed by atoms with Gasteiger partial charge in [0.25, 0.3) is 6.47 Å². The smallest absolute Gasteiger partial charge is 0.290 e. The Morgan fingerprint density at radius 1 is 0.742 bits per heavy atom. The minimum Gasteiger partial charge on any atom is -0.483 e. The Labute approximate surface area is 193 Å². The van der Waals surface area contributed by atoms with E-state index in [1.807, 2.05) is 0 Å². The Kier molecular flexibility index (Phi) is 19.7. The molecule has 0 amide bonds. The molecule has 1 aromatic carbocycles. The molecule has 0 spiro atoms.